The average molecular weight is 213 g/mol. The molecule has 0 spiro atoms. The first-order valence-electron chi connectivity index (χ1n) is 6.51. The molecule has 3 atom stereocenters. The average Bonchev–Trinajstić information content (AvgIpc) is 2.17. The molecule has 1 aliphatic rings. The molecule has 0 saturated carbocycles. The van der Waals surface area contributed by atoms with E-state index >= 15 is 0 Å². The van der Waals surface area contributed by atoms with Crippen LogP contribution in [0.5, 0.6) is 0 Å². The first-order valence-corrected chi connectivity index (χ1v) is 6.51. The van der Waals surface area contributed by atoms with Gasteiger partial charge in [0.05, 0.1) is 6.10 Å². The van der Waals surface area contributed by atoms with E-state index in [1.54, 1.807) is 0 Å². The Kier molecular flexibility index (Phi) is 5.62. The van der Waals surface area contributed by atoms with Gasteiger partial charge in [-0.1, -0.05) is 6.92 Å². The predicted molar refractivity (Wildman–Crippen MR) is 65.0 cm³/mol. The van der Waals surface area contributed by atoms with Crippen LogP contribution < -0.4 is 0 Å². The largest absolute Gasteiger partial charge is 0.393 e. The summed E-state index contributed by atoms with van der Waals surface area (Å²) in [6.07, 6.45) is 5.99. The van der Waals surface area contributed by atoms with Crippen molar-refractivity contribution in [1.82, 2.24) is 4.90 Å². The van der Waals surface area contributed by atoms with Crippen molar-refractivity contribution in [2.75, 3.05) is 13.1 Å². The van der Waals surface area contributed by atoms with Crippen LogP contribution in [0, 0.1) is 5.92 Å². The van der Waals surface area contributed by atoms with E-state index in [4.69, 9.17) is 5.11 Å². The highest BCUT2D eigenvalue weighted by Crippen LogP contribution is 2.21. The van der Waals surface area contributed by atoms with E-state index < -0.39 is 0 Å². The van der Waals surface area contributed by atoms with Gasteiger partial charge in [-0.2, -0.15) is 0 Å². The summed E-state index contributed by atoms with van der Waals surface area (Å²) in [5.74, 6) is 0.873. The summed E-state index contributed by atoms with van der Waals surface area (Å²) in [6, 6.07) is 0.771. The van der Waals surface area contributed by atoms with Gasteiger partial charge in [-0.25, -0.2) is 0 Å². The molecule has 90 valence electrons. The molecule has 1 aliphatic heterocycles. The predicted octanol–water partition coefficient (Wildman–Crippen LogP) is 2.66. The second kappa shape index (κ2) is 6.49. The van der Waals surface area contributed by atoms with Crippen molar-refractivity contribution in [1.29, 1.82) is 0 Å². The Morgan fingerprint density at radius 1 is 1.27 bits per heavy atom. The van der Waals surface area contributed by atoms with Gasteiger partial charge in [0.1, 0.15) is 0 Å². The number of nitrogens with zero attached hydrogens (tertiary/aromatic N) is 1. The van der Waals surface area contributed by atoms with Crippen LogP contribution in [0.4, 0.5) is 0 Å². The molecule has 2 nitrogen and oxygen atoms in total. The normalized spacial score (nSPS) is 30.4. The van der Waals surface area contributed by atoms with Crippen LogP contribution in [0.15, 0.2) is 0 Å². The quantitative estimate of drug-likeness (QED) is 0.710. The van der Waals surface area contributed by atoms with Crippen LogP contribution in [-0.4, -0.2) is 35.2 Å². The molecule has 2 heteroatoms. The summed E-state index contributed by atoms with van der Waals surface area (Å²) in [7, 11) is 0. The molecular weight excluding hydrogens is 186 g/mol. The highest BCUT2D eigenvalue weighted by Gasteiger charge is 2.21. The molecular formula is C13H27NO. The third-order valence-electron chi connectivity index (χ3n) is 3.56. The van der Waals surface area contributed by atoms with E-state index in [-0.39, 0.29) is 6.10 Å². The van der Waals surface area contributed by atoms with E-state index in [2.05, 4.69) is 18.7 Å². The number of aliphatic hydroxyl groups excluding tert-OH is 1. The molecule has 0 aromatic heterocycles. The fraction of sp³-hybridized carbons (Fsp3) is 1.00. The monoisotopic (exact) mass is 213 g/mol. The Morgan fingerprint density at radius 3 is 2.67 bits per heavy atom. The van der Waals surface area contributed by atoms with Crippen LogP contribution in [0.25, 0.3) is 0 Å². The number of piperidine rings is 1. The smallest absolute Gasteiger partial charge is 0.0512 e. The second-order valence-electron chi connectivity index (χ2n) is 5.37. The molecule has 1 fully saturated rings. The maximum atomic E-state index is 9.17. The molecule has 0 bridgehead atoms. The molecule has 1 rings (SSSR count). The van der Waals surface area contributed by atoms with Crippen molar-refractivity contribution < 1.29 is 5.11 Å². The molecule has 0 aliphatic carbocycles. The van der Waals surface area contributed by atoms with E-state index in [1.807, 2.05) is 6.92 Å². The lowest BCUT2D eigenvalue weighted by Crippen LogP contribution is -2.41. The minimum Gasteiger partial charge on any atom is -0.393 e. The zero-order chi connectivity index (χ0) is 11.3. The molecule has 15 heavy (non-hydrogen) atoms. The highest BCUT2D eigenvalue weighted by molar-refractivity contribution is 4.76. The number of hydrogen-bond acceptors (Lipinski definition) is 2. The first-order chi connectivity index (χ1) is 7.09. The van der Waals surface area contributed by atoms with Gasteiger partial charge in [-0.15, -0.1) is 0 Å². The number of likely N-dealkylation sites (tertiary alicyclic amines) is 1. The Bertz CT molecular complexity index is 170. The van der Waals surface area contributed by atoms with Crippen molar-refractivity contribution in [2.24, 2.45) is 5.92 Å². The molecule has 1 N–H and O–H groups in total. The Morgan fingerprint density at radius 2 is 2.00 bits per heavy atom. The Labute approximate surface area is 94.7 Å². The fourth-order valence-electron chi connectivity index (χ4n) is 2.45. The van der Waals surface area contributed by atoms with Crippen molar-refractivity contribution >= 4 is 0 Å². The second-order valence-corrected chi connectivity index (χ2v) is 5.37. The van der Waals surface area contributed by atoms with Gasteiger partial charge >= 0.3 is 0 Å². The van der Waals surface area contributed by atoms with Crippen LogP contribution in [0.1, 0.15) is 52.9 Å². The van der Waals surface area contributed by atoms with Crippen LogP contribution >= 0.6 is 0 Å². The summed E-state index contributed by atoms with van der Waals surface area (Å²) >= 11 is 0. The summed E-state index contributed by atoms with van der Waals surface area (Å²) < 4.78 is 0. The summed E-state index contributed by atoms with van der Waals surface area (Å²) in [5, 5.41) is 9.17. The Hall–Kier alpha value is -0.0800. The summed E-state index contributed by atoms with van der Waals surface area (Å²) in [5.41, 5.74) is 0. The van der Waals surface area contributed by atoms with Crippen molar-refractivity contribution in [2.45, 2.75) is 65.0 Å². The van der Waals surface area contributed by atoms with Gasteiger partial charge in [0, 0.05) is 12.6 Å². The SMILES string of the molecule is CC(O)CCCCN1CC(C)CCC1C. The van der Waals surface area contributed by atoms with E-state index in [1.165, 1.54) is 32.4 Å². The van der Waals surface area contributed by atoms with Crippen LogP contribution in [-0.2, 0) is 0 Å². The van der Waals surface area contributed by atoms with E-state index in [9.17, 15) is 0 Å². The van der Waals surface area contributed by atoms with Gasteiger partial charge in [-0.3, -0.25) is 0 Å². The van der Waals surface area contributed by atoms with Crippen molar-refractivity contribution in [3.05, 3.63) is 0 Å². The molecule has 1 saturated heterocycles. The minimum atomic E-state index is -0.122. The molecule has 0 aromatic rings. The molecule has 0 amide bonds. The van der Waals surface area contributed by atoms with Gasteiger partial charge in [0.2, 0.25) is 0 Å². The molecule has 1 heterocycles. The highest BCUT2D eigenvalue weighted by atomic mass is 16.3. The Balaban J connectivity index is 2.13. The lowest BCUT2D eigenvalue weighted by molar-refractivity contribution is 0.119. The van der Waals surface area contributed by atoms with Crippen molar-refractivity contribution in [3.8, 4) is 0 Å². The lowest BCUT2D eigenvalue weighted by atomic mass is 9.95. The van der Waals surface area contributed by atoms with Gasteiger partial charge in [0.25, 0.3) is 0 Å². The third-order valence-corrected chi connectivity index (χ3v) is 3.56. The number of unbranched alkanes of at least 4 members (excludes halogenated alkanes) is 1. The summed E-state index contributed by atoms with van der Waals surface area (Å²) in [4.78, 5) is 2.62. The number of rotatable bonds is 5. The topological polar surface area (TPSA) is 23.5 Å². The number of hydrogen-bond donors (Lipinski definition) is 1. The van der Waals surface area contributed by atoms with E-state index in [0.29, 0.717) is 0 Å². The zero-order valence-corrected chi connectivity index (χ0v) is 10.6. The van der Waals surface area contributed by atoms with Crippen LogP contribution in [0.3, 0.4) is 0 Å². The minimum absolute atomic E-state index is 0.122. The van der Waals surface area contributed by atoms with Gasteiger partial charge < -0.3 is 10.0 Å². The summed E-state index contributed by atoms with van der Waals surface area (Å²) in [6.45, 7) is 9.08. The van der Waals surface area contributed by atoms with Gasteiger partial charge in [-0.05, 0) is 58.4 Å². The third kappa shape index (κ3) is 4.98. The molecule has 0 radical (unpaired) electrons. The number of aliphatic hydroxyl groups is 1. The molecule has 0 aromatic carbocycles. The lowest BCUT2D eigenvalue weighted by Gasteiger charge is -2.36. The van der Waals surface area contributed by atoms with Crippen molar-refractivity contribution in [3.63, 3.8) is 0 Å². The zero-order valence-electron chi connectivity index (χ0n) is 10.6. The fourth-order valence-corrected chi connectivity index (χ4v) is 2.45. The first kappa shape index (κ1) is 13.0. The standard InChI is InChI=1S/C13H27NO/c1-11-7-8-12(2)14(10-11)9-5-4-6-13(3)15/h11-13,15H,4-10H2,1-3H3. The molecule has 3 unspecified atom stereocenters. The van der Waals surface area contributed by atoms with E-state index in [0.717, 1.165) is 24.8 Å². The van der Waals surface area contributed by atoms with Crippen LogP contribution in [0.2, 0.25) is 0 Å². The maximum absolute atomic E-state index is 9.17. The van der Waals surface area contributed by atoms with Gasteiger partial charge in [0.15, 0.2) is 0 Å². The maximum Gasteiger partial charge on any atom is 0.0512 e.